The Balaban J connectivity index is 1.64. The predicted molar refractivity (Wildman–Crippen MR) is 76.2 cm³/mol. The van der Waals surface area contributed by atoms with Gasteiger partial charge in [-0.1, -0.05) is 18.1 Å². The molecule has 100 valence electrons. The highest BCUT2D eigenvalue weighted by Gasteiger charge is 2.40. The number of piperidine rings is 1. The van der Waals surface area contributed by atoms with Crippen LogP contribution in [0, 0.1) is 0 Å². The second-order valence-electron chi connectivity index (χ2n) is 6.13. The summed E-state index contributed by atoms with van der Waals surface area (Å²) in [5.41, 5.74) is 4.72. The molecule has 4 rings (SSSR count). The topological polar surface area (TPSA) is 29.0 Å². The van der Waals surface area contributed by atoms with Gasteiger partial charge >= 0.3 is 0 Å². The number of anilines is 1. The van der Waals surface area contributed by atoms with Crippen LogP contribution in [-0.2, 0) is 6.42 Å². The van der Waals surface area contributed by atoms with Crippen LogP contribution in [-0.4, -0.2) is 22.1 Å². The molecule has 1 aromatic heterocycles. The fourth-order valence-corrected chi connectivity index (χ4v) is 3.81. The van der Waals surface area contributed by atoms with Crippen molar-refractivity contribution in [1.82, 2.24) is 9.97 Å². The second kappa shape index (κ2) is 4.32. The van der Waals surface area contributed by atoms with E-state index >= 15 is 0 Å². The summed E-state index contributed by atoms with van der Waals surface area (Å²) < 4.78 is 0. The van der Waals surface area contributed by atoms with Crippen molar-refractivity contribution in [1.29, 1.82) is 0 Å². The SMILES string of the molecule is CCc1cc(N2C3CCC2CC(=C2CC2)C3)ncn1. The first kappa shape index (κ1) is 11.4. The highest BCUT2D eigenvalue weighted by atomic mass is 15.3. The Morgan fingerprint density at radius 3 is 2.47 bits per heavy atom. The number of nitrogens with zero attached hydrogens (tertiary/aromatic N) is 3. The first-order chi connectivity index (χ1) is 9.35. The van der Waals surface area contributed by atoms with Crippen LogP contribution in [0.15, 0.2) is 23.5 Å². The molecule has 3 fully saturated rings. The van der Waals surface area contributed by atoms with Crippen molar-refractivity contribution in [3.8, 4) is 0 Å². The summed E-state index contributed by atoms with van der Waals surface area (Å²) >= 11 is 0. The van der Waals surface area contributed by atoms with Crippen molar-refractivity contribution >= 4 is 5.82 Å². The Morgan fingerprint density at radius 2 is 1.84 bits per heavy atom. The molecule has 0 amide bonds. The average Bonchev–Trinajstić information content (AvgIpc) is 3.25. The largest absolute Gasteiger partial charge is 0.350 e. The summed E-state index contributed by atoms with van der Waals surface area (Å²) in [6.45, 7) is 2.16. The lowest BCUT2D eigenvalue weighted by atomic mass is 9.95. The molecule has 2 bridgehead atoms. The average molecular weight is 255 g/mol. The highest BCUT2D eigenvalue weighted by Crippen LogP contribution is 2.45. The summed E-state index contributed by atoms with van der Waals surface area (Å²) in [7, 11) is 0. The maximum atomic E-state index is 4.54. The fourth-order valence-electron chi connectivity index (χ4n) is 3.81. The van der Waals surface area contributed by atoms with E-state index in [1.807, 2.05) is 0 Å². The zero-order chi connectivity index (χ0) is 12.8. The lowest BCUT2D eigenvalue weighted by Crippen LogP contribution is -2.41. The van der Waals surface area contributed by atoms with Crippen LogP contribution in [0.25, 0.3) is 0 Å². The molecule has 1 saturated carbocycles. The van der Waals surface area contributed by atoms with Crippen LogP contribution in [0.1, 0.15) is 51.1 Å². The minimum Gasteiger partial charge on any atom is -0.350 e. The summed E-state index contributed by atoms with van der Waals surface area (Å²) in [6, 6.07) is 3.59. The number of fused-ring (bicyclic) bond motifs is 2. The van der Waals surface area contributed by atoms with Gasteiger partial charge in [-0.05, 0) is 44.9 Å². The van der Waals surface area contributed by atoms with Gasteiger partial charge in [-0.15, -0.1) is 0 Å². The molecule has 2 saturated heterocycles. The molecule has 1 aliphatic carbocycles. The zero-order valence-corrected chi connectivity index (χ0v) is 11.6. The molecule has 0 radical (unpaired) electrons. The fraction of sp³-hybridized carbons (Fsp3) is 0.625. The normalized spacial score (nSPS) is 29.0. The number of hydrogen-bond acceptors (Lipinski definition) is 3. The molecular weight excluding hydrogens is 234 g/mol. The van der Waals surface area contributed by atoms with E-state index in [9.17, 15) is 0 Å². The van der Waals surface area contributed by atoms with Crippen molar-refractivity contribution in [3.63, 3.8) is 0 Å². The minimum absolute atomic E-state index is 0.696. The predicted octanol–water partition coefficient (Wildman–Crippen LogP) is 3.26. The van der Waals surface area contributed by atoms with E-state index in [4.69, 9.17) is 0 Å². The van der Waals surface area contributed by atoms with Gasteiger partial charge in [-0.25, -0.2) is 9.97 Å². The third-order valence-corrected chi connectivity index (χ3v) is 4.92. The molecule has 1 aromatic rings. The van der Waals surface area contributed by atoms with E-state index in [1.54, 1.807) is 17.5 Å². The third-order valence-electron chi connectivity index (χ3n) is 4.92. The monoisotopic (exact) mass is 255 g/mol. The molecular formula is C16H21N3. The van der Waals surface area contributed by atoms with Crippen molar-refractivity contribution in [2.45, 2.75) is 64.0 Å². The van der Waals surface area contributed by atoms with E-state index in [1.165, 1.54) is 44.3 Å². The van der Waals surface area contributed by atoms with E-state index in [0.717, 1.165) is 12.1 Å². The standard InChI is InChI=1S/C16H21N3/c1-2-13-9-16(18-10-17-13)19-14-5-6-15(19)8-12(7-14)11-3-4-11/h9-10,14-15H,2-8H2,1H3. The summed E-state index contributed by atoms with van der Waals surface area (Å²) in [6.07, 6.45) is 10.7. The summed E-state index contributed by atoms with van der Waals surface area (Å²) in [5.74, 6) is 1.17. The Morgan fingerprint density at radius 1 is 1.11 bits per heavy atom. The molecule has 2 atom stereocenters. The van der Waals surface area contributed by atoms with Gasteiger partial charge in [-0.3, -0.25) is 0 Å². The van der Waals surface area contributed by atoms with Gasteiger partial charge in [0.05, 0.1) is 0 Å². The maximum Gasteiger partial charge on any atom is 0.132 e. The Kier molecular flexibility index (Phi) is 2.61. The van der Waals surface area contributed by atoms with Gasteiger partial charge in [0.15, 0.2) is 0 Å². The first-order valence-corrected chi connectivity index (χ1v) is 7.64. The van der Waals surface area contributed by atoms with Crippen LogP contribution in [0.5, 0.6) is 0 Å². The third kappa shape index (κ3) is 1.96. The van der Waals surface area contributed by atoms with E-state index in [0.29, 0.717) is 12.1 Å². The molecule has 2 unspecified atom stereocenters. The van der Waals surface area contributed by atoms with Crippen LogP contribution < -0.4 is 4.90 Å². The smallest absolute Gasteiger partial charge is 0.132 e. The maximum absolute atomic E-state index is 4.54. The van der Waals surface area contributed by atoms with Gasteiger partial charge in [-0.2, -0.15) is 0 Å². The Labute approximate surface area is 114 Å². The number of allylic oxidation sites excluding steroid dienone is 1. The molecule has 0 N–H and O–H groups in total. The number of aromatic nitrogens is 2. The molecule has 3 nitrogen and oxygen atoms in total. The first-order valence-electron chi connectivity index (χ1n) is 7.64. The van der Waals surface area contributed by atoms with Crippen molar-refractivity contribution in [2.24, 2.45) is 0 Å². The number of aryl methyl sites for hydroxylation is 1. The van der Waals surface area contributed by atoms with Gasteiger partial charge < -0.3 is 4.90 Å². The van der Waals surface area contributed by atoms with Crippen LogP contribution >= 0.6 is 0 Å². The van der Waals surface area contributed by atoms with E-state index in [2.05, 4.69) is 27.9 Å². The Hall–Kier alpha value is -1.38. The molecule has 0 spiro atoms. The van der Waals surface area contributed by atoms with Gasteiger partial charge in [0.25, 0.3) is 0 Å². The van der Waals surface area contributed by atoms with E-state index in [-0.39, 0.29) is 0 Å². The summed E-state index contributed by atoms with van der Waals surface area (Å²) in [4.78, 5) is 11.5. The Bertz CT molecular complexity index is 513. The van der Waals surface area contributed by atoms with Crippen molar-refractivity contribution in [2.75, 3.05) is 4.90 Å². The molecule has 2 aliphatic heterocycles. The van der Waals surface area contributed by atoms with Crippen molar-refractivity contribution in [3.05, 3.63) is 29.2 Å². The molecule has 19 heavy (non-hydrogen) atoms. The second-order valence-corrected chi connectivity index (χ2v) is 6.13. The number of hydrogen-bond donors (Lipinski definition) is 0. The van der Waals surface area contributed by atoms with Crippen molar-refractivity contribution < 1.29 is 0 Å². The highest BCUT2D eigenvalue weighted by molar-refractivity contribution is 5.47. The van der Waals surface area contributed by atoms with Crippen LogP contribution in [0.4, 0.5) is 5.82 Å². The van der Waals surface area contributed by atoms with Crippen LogP contribution in [0.2, 0.25) is 0 Å². The summed E-state index contributed by atoms with van der Waals surface area (Å²) in [5, 5.41) is 0. The molecule has 3 heterocycles. The van der Waals surface area contributed by atoms with Gasteiger partial charge in [0.2, 0.25) is 0 Å². The van der Waals surface area contributed by atoms with Crippen LogP contribution in [0.3, 0.4) is 0 Å². The molecule has 3 aliphatic rings. The molecule has 0 aromatic carbocycles. The molecule has 3 heteroatoms. The lowest BCUT2D eigenvalue weighted by molar-refractivity contribution is 0.542. The van der Waals surface area contributed by atoms with Gasteiger partial charge in [0, 0.05) is 23.8 Å². The lowest BCUT2D eigenvalue weighted by Gasteiger charge is -2.37. The quantitative estimate of drug-likeness (QED) is 0.760. The number of rotatable bonds is 2. The zero-order valence-electron chi connectivity index (χ0n) is 11.6. The van der Waals surface area contributed by atoms with Gasteiger partial charge in [0.1, 0.15) is 12.1 Å². The van der Waals surface area contributed by atoms with E-state index < -0.39 is 0 Å². The minimum atomic E-state index is 0.696.